The van der Waals surface area contributed by atoms with Gasteiger partial charge in [0.2, 0.25) is 5.91 Å². The van der Waals surface area contributed by atoms with Gasteiger partial charge in [0.15, 0.2) is 0 Å². The summed E-state index contributed by atoms with van der Waals surface area (Å²) in [6, 6.07) is 3.89. The molecule has 0 saturated carbocycles. The van der Waals surface area contributed by atoms with Crippen molar-refractivity contribution in [2.75, 3.05) is 6.54 Å². The highest BCUT2D eigenvalue weighted by Gasteiger charge is 2.33. The molecule has 1 atom stereocenters. The number of nitrogens with zero attached hydrogens (tertiary/aromatic N) is 3. The number of hydrogen-bond acceptors (Lipinski definition) is 5. The lowest BCUT2D eigenvalue weighted by molar-refractivity contribution is -0.119. The Hall–Kier alpha value is -2.70. The zero-order valence-electron chi connectivity index (χ0n) is 14.7. The minimum Gasteiger partial charge on any atom is -0.361 e. The van der Waals surface area contributed by atoms with Gasteiger partial charge in [-0.1, -0.05) is 5.16 Å². The molecule has 2 amide bonds. The average Bonchev–Trinajstić information content (AvgIpc) is 3.20. The zero-order valence-corrected chi connectivity index (χ0v) is 14.7. The number of hydrogen-bond donors (Lipinski definition) is 1. The van der Waals surface area contributed by atoms with Gasteiger partial charge >= 0.3 is 0 Å². The third-order valence-electron chi connectivity index (χ3n) is 4.50. The molecule has 2 aromatic rings. The quantitative estimate of drug-likeness (QED) is 0.921. The summed E-state index contributed by atoms with van der Waals surface area (Å²) in [7, 11) is 0. The summed E-state index contributed by atoms with van der Waals surface area (Å²) in [6.45, 7) is 6.11. The lowest BCUT2D eigenvalue weighted by Gasteiger charge is -2.25. The summed E-state index contributed by atoms with van der Waals surface area (Å²) in [5.41, 5.74) is 2.99. The molecular weight excluding hydrogens is 320 g/mol. The molecule has 3 heterocycles. The predicted molar refractivity (Wildman–Crippen MR) is 90.7 cm³/mol. The smallest absolute Gasteiger partial charge is 0.259 e. The first-order valence-corrected chi connectivity index (χ1v) is 8.40. The van der Waals surface area contributed by atoms with E-state index in [1.165, 1.54) is 6.92 Å². The van der Waals surface area contributed by atoms with Crippen LogP contribution >= 0.6 is 0 Å². The maximum atomic E-state index is 13.0. The van der Waals surface area contributed by atoms with Gasteiger partial charge in [-0.25, -0.2) is 0 Å². The SMILES string of the molecule is CC(=O)NCc1cc([C@H]2CCCN2C(=O)c2c(C)noc2C)ccn1. The molecule has 0 unspecified atom stereocenters. The molecule has 0 aromatic carbocycles. The summed E-state index contributed by atoms with van der Waals surface area (Å²) < 4.78 is 5.14. The number of nitrogens with one attached hydrogen (secondary N) is 1. The lowest BCUT2D eigenvalue weighted by atomic mass is 10.0. The molecule has 0 radical (unpaired) electrons. The van der Waals surface area contributed by atoms with Gasteiger partial charge in [-0.2, -0.15) is 0 Å². The highest BCUT2D eigenvalue weighted by molar-refractivity contribution is 5.96. The van der Waals surface area contributed by atoms with Gasteiger partial charge in [-0.3, -0.25) is 14.6 Å². The van der Waals surface area contributed by atoms with Crippen molar-refractivity contribution < 1.29 is 14.1 Å². The fourth-order valence-electron chi connectivity index (χ4n) is 3.30. The minimum atomic E-state index is -0.0942. The highest BCUT2D eigenvalue weighted by atomic mass is 16.5. The number of carbonyl (C=O) groups excluding carboxylic acids is 2. The van der Waals surface area contributed by atoms with Gasteiger partial charge in [0.25, 0.3) is 5.91 Å². The Labute approximate surface area is 146 Å². The second-order valence-electron chi connectivity index (χ2n) is 6.35. The van der Waals surface area contributed by atoms with Crippen molar-refractivity contribution in [1.29, 1.82) is 0 Å². The summed E-state index contributed by atoms with van der Waals surface area (Å²) in [6.07, 6.45) is 3.57. The first kappa shape index (κ1) is 17.1. The molecule has 1 fully saturated rings. The molecule has 25 heavy (non-hydrogen) atoms. The average molecular weight is 342 g/mol. The van der Waals surface area contributed by atoms with Crippen LogP contribution in [-0.4, -0.2) is 33.4 Å². The second kappa shape index (κ2) is 7.04. The minimum absolute atomic E-state index is 0.000257. The Balaban J connectivity index is 1.83. The topological polar surface area (TPSA) is 88.3 Å². The first-order valence-electron chi connectivity index (χ1n) is 8.40. The molecular formula is C18H22N4O3. The summed E-state index contributed by atoms with van der Waals surface area (Å²) in [4.78, 5) is 30.2. The van der Waals surface area contributed by atoms with Gasteiger partial charge in [-0.15, -0.1) is 0 Å². The molecule has 132 valence electrons. The fraction of sp³-hybridized carbons (Fsp3) is 0.444. The standard InChI is InChI=1S/C18H22N4O3/c1-11-17(12(2)25-21-11)18(24)22-8-4-5-16(22)14-6-7-19-15(9-14)10-20-13(3)23/h6-7,9,16H,4-5,8,10H2,1-3H3,(H,20,23)/t16-/m1/s1. The van der Waals surface area contributed by atoms with Crippen molar-refractivity contribution in [2.45, 2.75) is 46.2 Å². The van der Waals surface area contributed by atoms with Crippen LogP contribution in [0, 0.1) is 13.8 Å². The van der Waals surface area contributed by atoms with Gasteiger partial charge in [0.05, 0.1) is 24.0 Å². The first-order chi connectivity index (χ1) is 12.0. The molecule has 1 N–H and O–H groups in total. The normalized spacial score (nSPS) is 16.9. The maximum absolute atomic E-state index is 13.0. The summed E-state index contributed by atoms with van der Waals surface area (Å²) in [5.74, 6) is 0.413. The van der Waals surface area contributed by atoms with Gasteiger partial charge in [-0.05, 0) is 44.4 Å². The van der Waals surface area contributed by atoms with Crippen molar-refractivity contribution in [3.05, 3.63) is 46.6 Å². The third-order valence-corrected chi connectivity index (χ3v) is 4.50. The number of aryl methyl sites for hydroxylation is 2. The predicted octanol–water partition coefficient (Wildman–Crippen LogP) is 2.30. The molecule has 1 aliphatic rings. The van der Waals surface area contributed by atoms with Crippen LogP contribution in [0.4, 0.5) is 0 Å². The Morgan fingerprint density at radius 3 is 2.88 bits per heavy atom. The monoisotopic (exact) mass is 342 g/mol. The van der Waals surface area contributed by atoms with Crippen LogP contribution in [0.15, 0.2) is 22.9 Å². The largest absolute Gasteiger partial charge is 0.361 e. The molecule has 7 heteroatoms. The maximum Gasteiger partial charge on any atom is 0.259 e. The number of aromatic nitrogens is 2. The van der Waals surface area contributed by atoms with E-state index in [2.05, 4.69) is 15.5 Å². The second-order valence-corrected chi connectivity index (χ2v) is 6.35. The highest BCUT2D eigenvalue weighted by Crippen LogP contribution is 2.34. The van der Waals surface area contributed by atoms with Crippen LogP contribution < -0.4 is 5.32 Å². The van der Waals surface area contributed by atoms with Crippen molar-refractivity contribution >= 4 is 11.8 Å². The molecule has 0 spiro atoms. The lowest BCUT2D eigenvalue weighted by Crippen LogP contribution is -2.31. The van der Waals surface area contributed by atoms with Crippen LogP contribution in [0.3, 0.4) is 0 Å². The van der Waals surface area contributed by atoms with Crippen LogP contribution in [-0.2, 0) is 11.3 Å². The van der Waals surface area contributed by atoms with Crippen molar-refractivity contribution in [3.63, 3.8) is 0 Å². The Morgan fingerprint density at radius 1 is 1.40 bits per heavy atom. The number of pyridine rings is 1. The van der Waals surface area contributed by atoms with E-state index >= 15 is 0 Å². The van der Waals surface area contributed by atoms with E-state index in [1.807, 2.05) is 17.0 Å². The van der Waals surface area contributed by atoms with E-state index in [-0.39, 0.29) is 17.9 Å². The Morgan fingerprint density at radius 2 is 2.20 bits per heavy atom. The van der Waals surface area contributed by atoms with Gasteiger partial charge in [0.1, 0.15) is 11.3 Å². The molecule has 7 nitrogen and oxygen atoms in total. The van der Waals surface area contributed by atoms with E-state index in [1.54, 1.807) is 20.0 Å². The van der Waals surface area contributed by atoms with Crippen LogP contribution in [0.5, 0.6) is 0 Å². The number of amides is 2. The number of rotatable bonds is 4. The Bertz CT molecular complexity index is 780. The van der Waals surface area contributed by atoms with Gasteiger partial charge < -0.3 is 14.7 Å². The molecule has 1 aliphatic heterocycles. The summed E-state index contributed by atoms with van der Waals surface area (Å²) >= 11 is 0. The van der Waals surface area contributed by atoms with Crippen LogP contribution in [0.1, 0.15) is 58.9 Å². The fourth-order valence-corrected chi connectivity index (χ4v) is 3.30. The third kappa shape index (κ3) is 3.55. The molecule has 1 saturated heterocycles. The van der Waals surface area contributed by atoms with E-state index in [0.29, 0.717) is 30.1 Å². The van der Waals surface area contributed by atoms with E-state index in [9.17, 15) is 9.59 Å². The van der Waals surface area contributed by atoms with Gasteiger partial charge in [0, 0.05) is 19.7 Å². The van der Waals surface area contributed by atoms with E-state index < -0.39 is 0 Å². The summed E-state index contributed by atoms with van der Waals surface area (Å²) in [5, 5.41) is 6.64. The number of carbonyl (C=O) groups is 2. The molecule has 3 rings (SSSR count). The van der Waals surface area contributed by atoms with E-state index in [0.717, 1.165) is 24.1 Å². The van der Waals surface area contributed by atoms with E-state index in [4.69, 9.17) is 4.52 Å². The number of likely N-dealkylation sites (tertiary alicyclic amines) is 1. The van der Waals surface area contributed by atoms with Crippen molar-refractivity contribution in [3.8, 4) is 0 Å². The Kier molecular flexibility index (Phi) is 4.83. The molecule has 2 aromatic heterocycles. The van der Waals surface area contributed by atoms with Crippen molar-refractivity contribution in [1.82, 2.24) is 20.4 Å². The molecule has 0 bridgehead atoms. The zero-order chi connectivity index (χ0) is 18.0. The van der Waals surface area contributed by atoms with Crippen LogP contribution in [0.2, 0.25) is 0 Å². The van der Waals surface area contributed by atoms with Crippen LogP contribution in [0.25, 0.3) is 0 Å². The molecule has 0 aliphatic carbocycles. The van der Waals surface area contributed by atoms with Crippen molar-refractivity contribution in [2.24, 2.45) is 0 Å².